The quantitative estimate of drug-likeness (QED) is 0.852. The summed E-state index contributed by atoms with van der Waals surface area (Å²) in [5.41, 5.74) is 0.653. The second-order valence-corrected chi connectivity index (χ2v) is 5.07. The number of amides is 1. The maximum Gasteiger partial charge on any atom is 0.237 e. The van der Waals surface area contributed by atoms with E-state index in [-0.39, 0.29) is 24.2 Å². The monoisotopic (exact) mass is 289 g/mol. The van der Waals surface area contributed by atoms with Gasteiger partial charge >= 0.3 is 0 Å². The second kappa shape index (κ2) is 5.09. The minimum atomic E-state index is -0.368. The molecule has 1 unspecified atom stereocenters. The first-order chi connectivity index (χ1) is 9.66. The third kappa shape index (κ3) is 2.20. The fourth-order valence-corrected chi connectivity index (χ4v) is 2.61. The molecule has 20 heavy (non-hydrogen) atoms. The van der Waals surface area contributed by atoms with E-state index in [0.717, 1.165) is 0 Å². The molecule has 1 aliphatic heterocycles. The predicted molar refractivity (Wildman–Crippen MR) is 74.8 cm³/mol. The topological polar surface area (TPSA) is 55.2 Å². The van der Waals surface area contributed by atoms with Crippen LogP contribution in [-0.2, 0) is 4.79 Å². The maximum absolute atomic E-state index is 12.2. The van der Waals surface area contributed by atoms with Crippen LogP contribution in [0.25, 0.3) is 0 Å². The molecule has 0 radical (unpaired) electrons. The van der Waals surface area contributed by atoms with E-state index in [1.807, 2.05) is 6.07 Å². The number of hydrogen-bond acceptors (Lipinski definition) is 3. The first-order valence-corrected chi connectivity index (χ1v) is 6.61. The molecule has 0 aliphatic carbocycles. The van der Waals surface area contributed by atoms with Gasteiger partial charge in [0, 0.05) is 25.4 Å². The number of carbonyl (C=O) groups is 2. The number of imidazole rings is 1. The van der Waals surface area contributed by atoms with Gasteiger partial charge in [0.2, 0.25) is 11.8 Å². The Morgan fingerprint density at radius 1 is 1.35 bits per heavy atom. The van der Waals surface area contributed by atoms with Crippen LogP contribution >= 0.6 is 11.6 Å². The Morgan fingerprint density at radius 3 is 2.85 bits per heavy atom. The van der Waals surface area contributed by atoms with Crippen LogP contribution in [0.5, 0.6) is 0 Å². The lowest BCUT2D eigenvalue weighted by Crippen LogP contribution is -2.27. The van der Waals surface area contributed by atoms with Gasteiger partial charge in [-0.15, -0.1) is 0 Å². The molecular formula is C14H12ClN3O2. The molecule has 5 nitrogen and oxygen atoms in total. The van der Waals surface area contributed by atoms with Crippen molar-refractivity contribution in [3.05, 3.63) is 48.0 Å². The lowest BCUT2D eigenvalue weighted by molar-refractivity contribution is -0.117. The van der Waals surface area contributed by atoms with E-state index < -0.39 is 0 Å². The van der Waals surface area contributed by atoms with Gasteiger partial charge in [-0.2, -0.15) is 0 Å². The number of carbonyl (C=O) groups excluding carboxylic acids is 2. The summed E-state index contributed by atoms with van der Waals surface area (Å²) in [4.78, 5) is 29.7. The molecule has 1 saturated heterocycles. The van der Waals surface area contributed by atoms with Crippen LogP contribution in [0.2, 0.25) is 5.02 Å². The van der Waals surface area contributed by atoms with Crippen molar-refractivity contribution >= 4 is 29.1 Å². The minimum absolute atomic E-state index is 0.0865. The number of para-hydroxylation sites is 1. The average Bonchev–Trinajstić information content (AvgIpc) is 3.08. The van der Waals surface area contributed by atoms with Crippen molar-refractivity contribution in [1.82, 2.24) is 9.55 Å². The lowest BCUT2D eigenvalue weighted by atomic mass is 10.1. The highest BCUT2D eigenvalue weighted by molar-refractivity contribution is 6.33. The van der Waals surface area contributed by atoms with E-state index in [1.165, 1.54) is 10.9 Å². The van der Waals surface area contributed by atoms with Gasteiger partial charge < -0.3 is 4.90 Å². The van der Waals surface area contributed by atoms with Gasteiger partial charge in [-0.3, -0.25) is 14.2 Å². The Morgan fingerprint density at radius 2 is 2.15 bits per heavy atom. The highest BCUT2D eigenvalue weighted by Crippen LogP contribution is 2.31. The highest BCUT2D eigenvalue weighted by Gasteiger charge is 2.36. The number of nitrogens with zero attached hydrogens (tertiary/aromatic N) is 3. The van der Waals surface area contributed by atoms with Crippen molar-refractivity contribution in [2.75, 3.05) is 11.4 Å². The average molecular weight is 290 g/mol. The lowest BCUT2D eigenvalue weighted by Gasteiger charge is -2.17. The summed E-state index contributed by atoms with van der Waals surface area (Å²) in [5.74, 6) is -0.574. The third-order valence-corrected chi connectivity index (χ3v) is 3.70. The van der Waals surface area contributed by atoms with Crippen LogP contribution in [0.1, 0.15) is 11.2 Å². The van der Waals surface area contributed by atoms with E-state index in [9.17, 15) is 9.59 Å². The zero-order valence-electron chi connectivity index (χ0n) is 10.6. The standard InChI is InChI=1S/C14H12ClN3O2/c15-11-3-1-2-4-12(11)18-8-10(7-13(18)19)14(20)17-6-5-16-9-17/h1-6,9-10H,7-8H2. The Hall–Kier alpha value is -2.14. The predicted octanol–water partition coefficient (Wildman–Crippen LogP) is 2.23. The number of benzene rings is 1. The number of aromatic nitrogens is 2. The smallest absolute Gasteiger partial charge is 0.237 e. The Balaban J connectivity index is 1.83. The molecule has 1 amide bonds. The SMILES string of the molecule is O=C1CC(C(=O)n2ccnc2)CN1c1ccccc1Cl. The van der Waals surface area contributed by atoms with Crippen molar-refractivity contribution in [3.63, 3.8) is 0 Å². The molecule has 2 aromatic rings. The van der Waals surface area contributed by atoms with Crippen LogP contribution in [-0.4, -0.2) is 27.9 Å². The molecule has 0 saturated carbocycles. The van der Waals surface area contributed by atoms with Gasteiger partial charge in [0.1, 0.15) is 6.33 Å². The van der Waals surface area contributed by atoms with E-state index in [2.05, 4.69) is 4.98 Å². The van der Waals surface area contributed by atoms with E-state index in [4.69, 9.17) is 11.6 Å². The van der Waals surface area contributed by atoms with Crippen molar-refractivity contribution in [2.45, 2.75) is 6.42 Å². The Kier molecular flexibility index (Phi) is 3.28. The molecule has 1 atom stereocenters. The molecule has 0 bridgehead atoms. The number of anilines is 1. The van der Waals surface area contributed by atoms with Crippen molar-refractivity contribution < 1.29 is 9.59 Å². The third-order valence-electron chi connectivity index (χ3n) is 3.38. The van der Waals surface area contributed by atoms with Crippen molar-refractivity contribution in [2.24, 2.45) is 5.92 Å². The van der Waals surface area contributed by atoms with Gasteiger partial charge in [-0.25, -0.2) is 4.98 Å². The molecule has 1 fully saturated rings. The Bertz CT molecular complexity index is 654. The van der Waals surface area contributed by atoms with Crippen molar-refractivity contribution in [1.29, 1.82) is 0 Å². The molecule has 3 rings (SSSR count). The fraction of sp³-hybridized carbons (Fsp3) is 0.214. The zero-order chi connectivity index (χ0) is 14.1. The van der Waals surface area contributed by atoms with Crippen LogP contribution in [0.4, 0.5) is 5.69 Å². The van der Waals surface area contributed by atoms with Gasteiger partial charge in [-0.1, -0.05) is 23.7 Å². The molecule has 1 aromatic heterocycles. The molecular weight excluding hydrogens is 278 g/mol. The molecule has 102 valence electrons. The van der Waals surface area contributed by atoms with Crippen LogP contribution in [0.3, 0.4) is 0 Å². The number of hydrogen-bond donors (Lipinski definition) is 0. The molecule has 1 aromatic carbocycles. The summed E-state index contributed by atoms with van der Waals surface area (Å²) in [6, 6.07) is 7.14. The van der Waals surface area contributed by atoms with E-state index in [0.29, 0.717) is 17.3 Å². The van der Waals surface area contributed by atoms with E-state index in [1.54, 1.807) is 35.5 Å². The minimum Gasteiger partial charge on any atom is -0.310 e. The summed E-state index contributed by atoms with van der Waals surface area (Å²) in [7, 11) is 0. The number of rotatable bonds is 2. The maximum atomic E-state index is 12.2. The van der Waals surface area contributed by atoms with Gasteiger partial charge in [0.15, 0.2) is 0 Å². The number of halogens is 1. The largest absolute Gasteiger partial charge is 0.310 e. The summed E-state index contributed by atoms with van der Waals surface area (Å²) in [6.45, 7) is 0.347. The summed E-state index contributed by atoms with van der Waals surface area (Å²) in [5, 5.41) is 0.511. The van der Waals surface area contributed by atoms with Crippen LogP contribution in [0.15, 0.2) is 43.0 Å². The fourth-order valence-electron chi connectivity index (χ4n) is 2.38. The summed E-state index contributed by atoms with van der Waals surface area (Å²) >= 11 is 6.10. The normalized spacial score (nSPS) is 18.6. The molecule has 0 N–H and O–H groups in total. The van der Waals surface area contributed by atoms with Crippen LogP contribution in [0, 0.1) is 5.92 Å². The first kappa shape index (κ1) is 12.9. The van der Waals surface area contributed by atoms with Gasteiger partial charge in [-0.05, 0) is 12.1 Å². The highest BCUT2D eigenvalue weighted by atomic mass is 35.5. The molecule has 2 heterocycles. The Labute approximate surface area is 120 Å². The first-order valence-electron chi connectivity index (χ1n) is 6.24. The zero-order valence-corrected chi connectivity index (χ0v) is 11.3. The molecule has 0 spiro atoms. The summed E-state index contributed by atoms with van der Waals surface area (Å²) in [6.07, 6.45) is 4.78. The molecule has 1 aliphatic rings. The van der Waals surface area contributed by atoms with E-state index >= 15 is 0 Å². The molecule has 6 heteroatoms. The van der Waals surface area contributed by atoms with Gasteiger partial charge in [0.25, 0.3) is 0 Å². The second-order valence-electron chi connectivity index (χ2n) is 4.66. The van der Waals surface area contributed by atoms with Crippen molar-refractivity contribution in [3.8, 4) is 0 Å². The van der Waals surface area contributed by atoms with Gasteiger partial charge in [0.05, 0.1) is 16.6 Å². The van der Waals surface area contributed by atoms with Crippen LogP contribution < -0.4 is 4.90 Å². The summed E-state index contributed by atoms with van der Waals surface area (Å²) < 4.78 is 1.41.